The van der Waals surface area contributed by atoms with Gasteiger partial charge in [0.05, 0.1) is 17.6 Å². The molecular weight excluding hydrogens is 138 g/mol. The van der Waals surface area contributed by atoms with Gasteiger partial charge < -0.3 is 5.73 Å². The van der Waals surface area contributed by atoms with Gasteiger partial charge in [0.1, 0.15) is 0 Å². The third-order valence-corrected chi connectivity index (χ3v) is 1.86. The molecule has 0 fully saturated rings. The van der Waals surface area contributed by atoms with Gasteiger partial charge in [0, 0.05) is 5.92 Å². The van der Waals surface area contributed by atoms with Crippen molar-refractivity contribution in [3.05, 3.63) is 18.0 Å². The molecule has 0 saturated carbocycles. The van der Waals surface area contributed by atoms with Gasteiger partial charge >= 0.3 is 0 Å². The normalized spacial score (nSPS) is 12.9. The van der Waals surface area contributed by atoms with Crippen LogP contribution in [0.5, 0.6) is 0 Å². The Bertz CT molecular complexity index is 235. The van der Waals surface area contributed by atoms with Gasteiger partial charge in [-0.25, -0.2) is 0 Å². The highest BCUT2D eigenvalue weighted by Crippen LogP contribution is 2.20. The molecule has 1 heterocycles. The second kappa shape index (κ2) is 3.32. The van der Waals surface area contributed by atoms with Crippen LogP contribution in [-0.4, -0.2) is 10.2 Å². The highest BCUT2D eigenvalue weighted by atomic mass is 15.1. The third kappa shape index (κ3) is 1.67. The lowest BCUT2D eigenvalue weighted by Crippen LogP contribution is -2.02. The van der Waals surface area contributed by atoms with Crippen molar-refractivity contribution in [3.63, 3.8) is 0 Å². The molecule has 11 heavy (non-hydrogen) atoms. The van der Waals surface area contributed by atoms with E-state index in [4.69, 9.17) is 5.73 Å². The quantitative estimate of drug-likeness (QED) is 0.698. The van der Waals surface area contributed by atoms with E-state index in [1.165, 1.54) is 0 Å². The lowest BCUT2D eigenvalue weighted by atomic mass is 10.0. The highest BCUT2D eigenvalue weighted by molar-refractivity contribution is 5.42. The molecule has 60 valence electrons. The van der Waals surface area contributed by atoms with Crippen molar-refractivity contribution in [1.82, 2.24) is 10.2 Å². The smallest absolute Gasteiger partial charge is 0.0887 e. The van der Waals surface area contributed by atoms with Crippen LogP contribution in [-0.2, 0) is 0 Å². The fraction of sp³-hybridized carbons (Fsp3) is 0.500. The summed E-state index contributed by atoms with van der Waals surface area (Å²) >= 11 is 0. The zero-order valence-corrected chi connectivity index (χ0v) is 6.91. The Hall–Kier alpha value is -1.12. The van der Waals surface area contributed by atoms with Crippen LogP contribution in [0.4, 0.5) is 5.69 Å². The van der Waals surface area contributed by atoms with Gasteiger partial charge in [0.15, 0.2) is 0 Å². The summed E-state index contributed by atoms with van der Waals surface area (Å²) in [5.41, 5.74) is 7.35. The Kier molecular flexibility index (Phi) is 2.41. The minimum atomic E-state index is 0.406. The first-order valence-electron chi connectivity index (χ1n) is 3.82. The molecule has 0 radical (unpaired) electrons. The van der Waals surface area contributed by atoms with Crippen molar-refractivity contribution < 1.29 is 0 Å². The van der Waals surface area contributed by atoms with Gasteiger partial charge in [-0.2, -0.15) is 10.2 Å². The molecule has 0 aliphatic carbocycles. The predicted molar refractivity (Wildman–Crippen MR) is 45.2 cm³/mol. The summed E-state index contributed by atoms with van der Waals surface area (Å²) in [6, 6.07) is 1.79. The number of hydrogen-bond donors (Lipinski definition) is 1. The van der Waals surface area contributed by atoms with Crippen LogP contribution in [0.25, 0.3) is 0 Å². The van der Waals surface area contributed by atoms with E-state index in [-0.39, 0.29) is 0 Å². The number of nitrogens with two attached hydrogens (primary N) is 1. The van der Waals surface area contributed by atoms with Crippen molar-refractivity contribution in [3.8, 4) is 0 Å². The van der Waals surface area contributed by atoms with Crippen LogP contribution in [0.3, 0.4) is 0 Å². The summed E-state index contributed by atoms with van der Waals surface area (Å²) in [4.78, 5) is 0. The second-order valence-corrected chi connectivity index (χ2v) is 2.68. The topological polar surface area (TPSA) is 51.8 Å². The standard InChI is InChI=1S/C8H13N3/c1-3-6(2)8-7(9)4-5-10-11-8/h4-6H,3H2,1-2H3,(H2,9,10). The summed E-state index contributed by atoms with van der Waals surface area (Å²) in [6.45, 7) is 4.21. The lowest BCUT2D eigenvalue weighted by Gasteiger charge is -2.08. The molecule has 0 spiro atoms. The third-order valence-electron chi connectivity index (χ3n) is 1.86. The molecule has 3 heteroatoms. The molecule has 0 aromatic carbocycles. The van der Waals surface area contributed by atoms with Gasteiger partial charge in [-0.05, 0) is 12.5 Å². The Morgan fingerprint density at radius 1 is 1.64 bits per heavy atom. The minimum absolute atomic E-state index is 0.406. The number of hydrogen-bond acceptors (Lipinski definition) is 3. The van der Waals surface area contributed by atoms with Crippen LogP contribution < -0.4 is 5.73 Å². The molecule has 0 saturated heterocycles. The summed E-state index contributed by atoms with van der Waals surface area (Å²) in [6.07, 6.45) is 2.66. The number of rotatable bonds is 2. The largest absolute Gasteiger partial charge is 0.397 e. The molecule has 0 bridgehead atoms. The van der Waals surface area contributed by atoms with Crippen molar-refractivity contribution in [1.29, 1.82) is 0 Å². The average molecular weight is 151 g/mol. The van der Waals surface area contributed by atoms with Crippen LogP contribution in [0.1, 0.15) is 31.9 Å². The van der Waals surface area contributed by atoms with Gasteiger partial charge in [-0.3, -0.25) is 0 Å². The Morgan fingerprint density at radius 3 is 2.91 bits per heavy atom. The van der Waals surface area contributed by atoms with E-state index in [0.29, 0.717) is 5.92 Å². The lowest BCUT2D eigenvalue weighted by molar-refractivity contribution is 0.693. The molecule has 1 atom stereocenters. The predicted octanol–water partition coefficient (Wildman–Crippen LogP) is 1.57. The van der Waals surface area contributed by atoms with E-state index in [9.17, 15) is 0 Å². The van der Waals surface area contributed by atoms with Crippen molar-refractivity contribution in [2.24, 2.45) is 0 Å². The fourth-order valence-corrected chi connectivity index (χ4v) is 0.929. The number of nitrogen functional groups attached to an aromatic ring is 1. The summed E-state index contributed by atoms with van der Waals surface area (Å²) in [5, 5.41) is 7.76. The summed E-state index contributed by atoms with van der Waals surface area (Å²) < 4.78 is 0. The molecular formula is C8H13N3. The molecule has 0 amide bonds. The van der Waals surface area contributed by atoms with E-state index in [1.54, 1.807) is 12.3 Å². The molecule has 2 N–H and O–H groups in total. The first kappa shape index (κ1) is 7.98. The second-order valence-electron chi connectivity index (χ2n) is 2.68. The van der Waals surface area contributed by atoms with E-state index >= 15 is 0 Å². The van der Waals surface area contributed by atoms with E-state index in [1.807, 2.05) is 0 Å². The van der Waals surface area contributed by atoms with E-state index in [2.05, 4.69) is 24.0 Å². The first-order valence-corrected chi connectivity index (χ1v) is 3.82. The average Bonchev–Trinajstić information content (AvgIpc) is 2.04. The zero-order chi connectivity index (χ0) is 8.27. The number of anilines is 1. The zero-order valence-electron chi connectivity index (χ0n) is 6.91. The van der Waals surface area contributed by atoms with Crippen molar-refractivity contribution in [2.45, 2.75) is 26.2 Å². The Morgan fingerprint density at radius 2 is 2.36 bits per heavy atom. The van der Waals surface area contributed by atoms with Crippen LogP contribution in [0.2, 0.25) is 0 Å². The molecule has 1 aromatic heterocycles. The molecule has 3 nitrogen and oxygen atoms in total. The van der Waals surface area contributed by atoms with Crippen molar-refractivity contribution in [2.75, 3.05) is 5.73 Å². The van der Waals surface area contributed by atoms with Crippen molar-refractivity contribution >= 4 is 5.69 Å². The Balaban J connectivity index is 2.93. The number of nitrogens with zero attached hydrogens (tertiary/aromatic N) is 2. The van der Waals surface area contributed by atoms with Crippen LogP contribution in [0, 0.1) is 0 Å². The fourth-order valence-electron chi connectivity index (χ4n) is 0.929. The molecule has 0 aliphatic heterocycles. The van der Waals surface area contributed by atoms with Gasteiger partial charge in [-0.1, -0.05) is 13.8 Å². The van der Waals surface area contributed by atoms with Gasteiger partial charge in [0.25, 0.3) is 0 Å². The monoisotopic (exact) mass is 151 g/mol. The van der Waals surface area contributed by atoms with E-state index in [0.717, 1.165) is 17.8 Å². The van der Waals surface area contributed by atoms with Gasteiger partial charge in [0.2, 0.25) is 0 Å². The molecule has 1 unspecified atom stereocenters. The maximum absolute atomic E-state index is 5.69. The Labute approximate surface area is 66.6 Å². The number of aromatic nitrogens is 2. The maximum atomic E-state index is 5.69. The molecule has 0 aliphatic rings. The van der Waals surface area contributed by atoms with E-state index < -0.39 is 0 Å². The summed E-state index contributed by atoms with van der Waals surface area (Å²) in [7, 11) is 0. The van der Waals surface area contributed by atoms with Crippen LogP contribution >= 0.6 is 0 Å². The summed E-state index contributed by atoms with van der Waals surface area (Å²) in [5.74, 6) is 0.406. The maximum Gasteiger partial charge on any atom is 0.0887 e. The van der Waals surface area contributed by atoms with Crippen LogP contribution in [0.15, 0.2) is 12.3 Å². The molecule has 1 rings (SSSR count). The first-order chi connectivity index (χ1) is 5.25. The SMILES string of the molecule is CCC(C)c1nnccc1N. The van der Waals surface area contributed by atoms with Gasteiger partial charge in [-0.15, -0.1) is 0 Å². The molecule has 1 aromatic rings. The highest BCUT2D eigenvalue weighted by Gasteiger charge is 2.07. The minimum Gasteiger partial charge on any atom is -0.397 e.